The van der Waals surface area contributed by atoms with Gasteiger partial charge in [-0.25, -0.2) is 4.68 Å². The fourth-order valence-electron chi connectivity index (χ4n) is 2.95. The van der Waals surface area contributed by atoms with Crippen LogP contribution in [0.5, 0.6) is 11.5 Å². The Morgan fingerprint density at radius 2 is 1.79 bits per heavy atom. The van der Waals surface area contributed by atoms with Crippen molar-refractivity contribution in [3.8, 4) is 11.5 Å². The molecule has 0 saturated heterocycles. The first kappa shape index (κ1) is 19.6. The number of hydrogen-bond donors (Lipinski definition) is 3. The van der Waals surface area contributed by atoms with Crippen LogP contribution in [-0.2, 0) is 6.42 Å². The number of nitrogens with one attached hydrogen (secondary N) is 1. The Morgan fingerprint density at radius 3 is 2.46 bits per heavy atom. The van der Waals surface area contributed by atoms with Crippen LogP contribution in [0.4, 0.5) is 5.69 Å². The van der Waals surface area contributed by atoms with Gasteiger partial charge in [0.05, 0.1) is 11.3 Å². The van der Waals surface area contributed by atoms with Crippen LogP contribution in [0.25, 0.3) is 0 Å². The van der Waals surface area contributed by atoms with Crippen LogP contribution < -0.4 is 5.32 Å². The molecule has 6 nitrogen and oxygen atoms in total. The zero-order valence-corrected chi connectivity index (χ0v) is 16.7. The number of phenols is 2. The van der Waals surface area contributed by atoms with E-state index in [1.165, 1.54) is 18.2 Å². The first-order chi connectivity index (χ1) is 13.3. The summed E-state index contributed by atoms with van der Waals surface area (Å²) >= 11 is 5.47. The standard InChI is InChI=1S/C21H21N3O3S/c1-12-4-6-15(7-5-12)22-21(28)24-14(3)17(13(2)23-24)11-20(27)18-10-16(25)8-9-19(18)26/h4-10,25-26H,11H2,1-3H3,(H,22,28). The van der Waals surface area contributed by atoms with Crippen LogP contribution in [-0.4, -0.2) is 30.9 Å². The topological polar surface area (TPSA) is 87.4 Å². The van der Waals surface area contributed by atoms with E-state index in [9.17, 15) is 15.0 Å². The van der Waals surface area contributed by atoms with Crippen molar-refractivity contribution in [1.82, 2.24) is 9.78 Å². The summed E-state index contributed by atoms with van der Waals surface area (Å²) in [6, 6.07) is 11.7. The number of nitrogens with zero attached hydrogens (tertiary/aromatic N) is 2. The minimum atomic E-state index is -0.309. The Labute approximate surface area is 168 Å². The van der Waals surface area contributed by atoms with Gasteiger partial charge in [-0.15, -0.1) is 0 Å². The predicted octanol–water partition coefficient (Wildman–Crippen LogP) is 3.89. The van der Waals surface area contributed by atoms with Crippen molar-refractivity contribution in [3.05, 3.63) is 70.5 Å². The zero-order valence-electron chi connectivity index (χ0n) is 15.9. The molecule has 0 spiro atoms. The normalized spacial score (nSPS) is 10.7. The van der Waals surface area contributed by atoms with E-state index < -0.39 is 0 Å². The van der Waals surface area contributed by atoms with E-state index in [4.69, 9.17) is 12.2 Å². The SMILES string of the molecule is Cc1ccc(NC(=S)n2nc(C)c(CC(=O)c3cc(O)ccc3O)c2C)cc1. The van der Waals surface area contributed by atoms with Crippen LogP contribution in [0, 0.1) is 20.8 Å². The monoisotopic (exact) mass is 395 g/mol. The van der Waals surface area contributed by atoms with Crippen LogP contribution in [0.2, 0.25) is 0 Å². The third-order valence-corrected chi connectivity index (χ3v) is 4.83. The van der Waals surface area contributed by atoms with Crippen LogP contribution in [0.1, 0.15) is 32.9 Å². The summed E-state index contributed by atoms with van der Waals surface area (Å²) in [7, 11) is 0. The highest BCUT2D eigenvalue weighted by Crippen LogP contribution is 2.25. The summed E-state index contributed by atoms with van der Waals surface area (Å²) in [4.78, 5) is 12.6. The molecule has 1 aromatic heterocycles. The number of benzene rings is 2. The van der Waals surface area contributed by atoms with Gasteiger partial charge in [0.2, 0.25) is 0 Å². The van der Waals surface area contributed by atoms with Gasteiger partial charge in [0.15, 0.2) is 10.9 Å². The lowest BCUT2D eigenvalue weighted by Gasteiger charge is -2.10. The Kier molecular flexibility index (Phi) is 5.46. The Balaban J connectivity index is 1.83. The molecule has 1 heterocycles. The van der Waals surface area contributed by atoms with Crippen molar-refractivity contribution in [3.63, 3.8) is 0 Å². The number of carbonyl (C=O) groups excluding carboxylic acids is 1. The lowest BCUT2D eigenvalue weighted by molar-refractivity contribution is 0.0989. The third kappa shape index (κ3) is 4.04. The average molecular weight is 395 g/mol. The van der Waals surface area contributed by atoms with E-state index in [2.05, 4.69) is 10.4 Å². The summed E-state index contributed by atoms with van der Waals surface area (Å²) in [5.41, 5.74) is 4.24. The quantitative estimate of drug-likeness (QED) is 0.353. The Morgan fingerprint density at radius 1 is 1.11 bits per heavy atom. The molecule has 0 amide bonds. The van der Waals surface area contributed by atoms with Crippen molar-refractivity contribution in [2.45, 2.75) is 27.2 Å². The molecule has 28 heavy (non-hydrogen) atoms. The zero-order chi connectivity index (χ0) is 20.4. The number of anilines is 1. The smallest absolute Gasteiger partial charge is 0.198 e. The summed E-state index contributed by atoms with van der Waals surface area (Å²) in [5.74, 6) is -0.549. The van der Waals surface area contributed by atoms with Gasteiger partial charge in [0, 0.05) is 23.4 Å². The van der Waals surface area contributed by atoms with Crippen molar-refractivity contribution in [1.29, 1.82) is 0 Å². The first-order valence-corrected chi connectivity index (χ1v) is 9.15. The molecule has 3 aromatic rings. The lowest BCUT2D eigenvalue weighted by Crippen LogP contribution is -2.21. The molecule has 3 N–H and O–H groups in total. The molecule has 0 atom stereocenters. The molecule has 3 rings (SSSR count). The molecule has 7 heteroatoms. The van der Waals surface area contributed by atoms with Crippen LogP contribution in [0.15, 0.2) is 42.5 Å². The van der Waals surface area contributed by atoms with Gasteiger partial charge in [-0.05, 0) is 63.3 Å². The number of thiocarbonyl (C=S) groups is 1. The molecular formula is C21H21N3O3S. The van der Waals surface area contributed by atoms with Crippen LogP contribution in [0.3, 0.4) is 0 Å². The lowest BCUT2D eigenvalue weighted by atomic mass is 10.0. The first-order valence-electron chi connectivity index (χ1n) is 8.74. The highest BCUT2D eigenvalue weighted by Gasteiger charge is 2.20. The molecule has 0 saturated carbocycles. The number of hydrogen-bond acceptors (Lipinski definition) is 5. The number of aromatic hydroxyl groups is 2. The maximum absolute atomic E-state index is 12.6. The number of phenolic OH excluding ortho intramolecular Hbond substituents is 2. The number of Topliss-reactive ketones (excluding diaryl/α,β-unsaturated/α-hetero) is 1. The van der Waals surface area contributed by atoms with Crippen molar-refractivity contribution < 1.29 is 15.0 Å². The van der Waals surface area contributed by atoms with E-state index in [1.54, 1.807) is 4.68 Å². The molecule has 0 fully saturated rings. The largest absolute Gasteiger partial charge is 0.508 e. The van der Waals surface area contributed by atoms with Crippen molar-refractivity contribution in [2.24, 2.45) is 0 Å². The molecular weight excluding hydrogens is 374 g/mol. The second-order valence-electron chi connectivity index (χ2n) is 6.66. The number of rotatable bonds is 4. The number of ketones is 1. The second kappa shape index (κ2) is 7.82. The van der Waals surface area contributed by atoms with Gasteiger partial charge >= 0.3 is 0 Å². The van der Waals surface area contributed by atoms with E-state index in [0.717, 1.165) is 22.5 Å². The minimum Gasteiger partial charge on any atom is -0.508 e. The summed E-state index contributed by atoms with van der Waals surface area (Å²) in [6.45, 7) is 5.66. The molecule has 0 aliphatic rings. The Hall–Kier alpha value is -3.19. The minimum absolute atomic E-state index is 0.0435. The second-order valence-corrected chi connectivity index (χ2v) is 7.05. The molecule has 0 bridgehead atoms. The molecule has 0 aliphatic carbocycles. The van der Waals surface area contributed by atoms with Gasteiger partial charge in [-0.3, -0.25) is 4.79 Å². The maximum Gasteiger partial charge on any atom is 0.198 e. The fraction of sp³-hybridized carbons (Fsp3) is 0.190. The summed E-state index contributed by atoms with van der Waals surface area (Å²) in [5, 5.41) is 27.5. The molecule has 144 valence electrons. The van der Waals surface area contributed by atoms with Gasteiger partial charge in [-0.2, -0.15) is 5.10 Å². The molecule has 0 radical (unpaired) electrons. The number of carbonyl (C=O) groups is 1. The van der Waals surface area contributed by atoms with Gasteiger partial charge in [0.1, 0.15) is 11.5 Å². The molecule has 0 aliphatic heterocycles. The third-order valence-electron chi connectivity index (χ3n) is 4.55. The van der Waals surface area contributed by atoms with Gasteiger partial charge in [0.25, 0.3) is 0 Å². The summed E-state index contributed by atoms with van der Waals surface area (Å²) in [6.07, 6.45) is 0.0435. The van der Waals surface area contributed by atoms with E-state index in [0.29, 0.717) is 10.8 Å². The highest BCUT2D eigenvalue weighted by molar-refractivity contribution is 7.80. The predicted molar refractivity (Wildman–Crippen MR) is 112 cm³/mol. The van der Waals surface area contributed by atoms with E-state index in [1.807, 2.05) is 45.0 Å². The number of aryl methyl sites for hydroxylation is 2. The van der Waals surface area contributed by atoms with E-state index >= 15 is 0 Å². The van der Waals surface area contributed by atoms with Gasteiger partial charge < -0.3 is 15.5 Å². The average Bonchev–Trinajstić information content (AvgIpc) is 2.93. The molecule has 2 aromatic carbocycles. The Bertz CT molecular complexity index is 1060. The van der Waals surface area contributed by atoms with E-state index in [-0.39, 0.29) is 29.3 Å². The number of aromatic nitrogens is 2. The van der Waals surface area contributed by atoms with Crippen LogP contribution >= 0.6 is 12.2 Å². The fourth-order valence-corrected chi connectivity index (χ4v) is 3.24. The van der Waals surface area contributed by atoms with Crippen molar-refractivity contribution in [2.75, 3.05) is 5.32 Å². The maximum atomic E-state index is 12.6. The van der Waals surface area contributed by atoms with Gasteiger partial charge in [-0.1, -0.05) is 17.7 Å². The summed E-state index contributed by atoms with van der Waals surface area (Å²) < 4.78 is 1.59. The molecule has 0 unspecified atom stereocenters. The van der Waals surface area contributed by atoms with Crippen molar-refractivity contribution >= 4 is 28.8 Å². The highest BCUT2D eigenvalue weighted by atomic mass is 32.1.